The number of alkyl halides is 2. The maximum absolute atomic E-state index is 13.6. The van der Waals surface area contributed by atoms with Crippen LogP contribution in [0, 0.1) is 5.82 Å². The highest BCUT2D eigenvalue weighted by atomic mass is 19.3. The van der Waals surface area contributed by atoms with Crippen LogP contribution >= 0.6 is 0 Å². The molecule has 1 fully saturated rings. The van der Waals surface area contributed by atoms with E-state index < -0.39 is 30.7 Å². The fourth-order valence-corrected chi connectivity index (χ4v) is 2.52. The summed E-state index contributed by atoms with van der Waals surface area (Å²) in [4.78, 5) is 21.4. The average Bonchev–Trinajstić information content (AvgIpc) is 2.97. The lowest BCUT2D eigenvalue weighted by Gasteiger charge is -2.39. The van der Waals surface area contributed by atoms with Gasteiger partial charge in [-0.05, 0) is 18.2 Å². The molecule has 0 aromatic carbocycles. The van der Waals surface area contributed by atoms with Crippen LogP contribution in [-0.2, 0) is 0 Å². The molecule has 0 spiro atoms. The number of aromatic nitrogens is 4. The fourth-order valence-electron chi connectivity index (χ4n) is 2.52. The molecule has 128 valence electrons. The number of nitrogens with zero attached hydrogens (tertiary/aromatic N) is 5. The quantitative estimate of drug-likeness (QED) is 0.783. The second kappa shape index (κ2) is 5.43. The largest absolute Gasteiger partial charge is 0.343 e. The Hall–Kier alpha value is -3.17. The number of amides is 1. The Morgan fingerprint density at radius 3 is 2.72 bits per heavy atom. The van der Waals surface area contributed by atoms with Crippen molar-refractivity contribution >= 4 is 23.1 Å². The smallest absolute Gasteiger partial charge is 0.282 e. The summed E-state index contributed by atoms with van der Waals surface area (Å²) in [5, 5.41) is 6.59. The first-order chi connectivity index (χ1) is 11.9. The van der Waals surface area contributed by atoms with Gasteiger partial charge < -0.3 is 10.2 Å². The van der Waals surface area contributed by atoms with Gasteiger partial charge in [-0.15, -0.1) is 5.10 Å². The van der Waals surface area contributed by atoms with Gasteiger partial charge in [0.25, 0.3) is 11.8 Å². The molecule has 4 rings (SSSR count). The molecule has 1 aliphatic rings. The molecule has 0 bridgehead atoms. The van der Waals surface area contributed by atoms with Gasteiger partial charge in [-0.1, -0.05) is 0 Å². The zero-order valence-electron chi connectivity index (χ0n) is 12.7. The van der Waals surface area contributed by atoms with E-state index in [1.807, 2.05) is 0 Å². The Bertz CT molecular complexity index is 965. The van der Waals surface area contributed by atoms with Crippen molar-refractivity contribution < 1.29 is 18.0 Å². The van der Waals surface area contributed by atoms with Crippen molar-refractivity contribution in [1.29, 1.82) is 0 Å². The summed E-state index contributed by atoms with van der Waals surface area (Å²) in [6.07, 6.45) is 3.60. The van der Waals surface area contributed by atoms with Crippen molar-refractivity contribution in [2.75, 3.05) is 23.3 Å². The zero-order chi connectivity index (χ0) is 17.6. The molecule has 1 saturated heterocycles. The summed E-state index contributed by atoms with van der Waals surface area (Å²) in [6, 6.07) is 4.45. The van der Waals surface area contributed by atoms with Gasteiger partial charge in [-0.2, -0.15) is 0 Å². The molecule has 0 aliphatic carbocycles. The first-order valence-electron chi connectivity index (χ1n) is 7.31. The molecule has 10 heteroatoms. The highest BCUT2D eigenvalue weighted by molar-refractivity contribution is 6.03. The van der Waals surface area contributed by atoms with E-state index in [0.717, 1.165) is 6.20 Å². The molecular formula is C15H11F3N6O. The summed E-state index contributed by atoms with van der Waals surface area (Å²) in [5.74, 6) is -3.73. The Kier molecular flexibility index (Phi) is 3.34. The normalized spacial score (nSPS) is 15.9. The summed E-state index contributed by atoms with van der Waals surface area (Å²) in [7, 11) is 0. The van der Waals surface area contributed by atoms with Crippen molar-refractivity contribution in [3.63, 3.8) is 0 Å². The minimum absolute atomic E-state index is 0.0338. The molecule has 0 saturated carbocycles. The SMILES string of the molecule is O=C(Nc1ccncc1F)c1cnc2ccc(N3CC(F)(F)C3)nn12. The highest BCUT2D eigenvalue weighted by Gasteiger charge is 2.44. The van der Waals surface area contributed by atoms with E-state index in [1.165, 1.54) is 27.9 Å². The lowest BCUT2D eigenvalue weighted by Crippen LogP contribution is -2.56. The van der Waals surface area contributed by atoms with Gasteiger partial charge in [0.2, 0.25) is 0 Å². The number of halogens is 3. The first kappa shape index (κ1) is 15.4. The standard InChI is InChI=1S/C15H11F3N6O/c16-9-5-19-4-3-10(9)21-14(25)11-6-20-12-1-2-13(22-24(11)12)23-7-15(17,18)8-23/h1-6H,7-8H2,(H,19,21,25). The molecule has 1 N–H and O–H groups in total. The van der Waals surface area contributed by atoms with E-state index >= 15 is 0 Å². The van der Waals surface area contributed by atoms with E-state index in [2.05, 4.69) is 20.4 Å². The number of imidazole rings is 1. The lowest BCUT2D eigenvalue weighted by molar-refractivity contribution is -0.0268. The van der Waals surface area contributed by atoms with Gasteiger partial charge in [0.15, 0.2) is 17.2 Å². The third-order valence-corrected chi connectivity index (χ3v) is 3.77. The van der Waals surface area contributed by atoms with Crippen LogP contribution in [0.15, 0.2) is 36.8 Å². The van der Waals surface area contributed by atoms with Crippen LogP contribution < -0.4 is 10.2 Å². The van der Waals surface area contributed by atoms with Crippen molar-refractivity contribution in [3.8, 4) is 0 Å². The molecule has 0 radical (unpaired) electrons. The number of hydrogen-bond acceptors (Lipinski definition) is 5. The number of carbonyl (C=O) groups excluding carboxylic acids is 1. The Balaban J connectivity index is 1.63. The molecular weight excluding hydrogens is 337 g/mol. The predicted octanol–water partition coefficient (Wildman–Crippen LogP) is 1.97. The number of fused-ring (bicyclic) bond motifs is 1. The molecule has 1 aliphatic heterocycles. The summed E-state index contributed by atoms with van der Waals surface area (Å²) in [5.41, 5.74) is 0.394. The molecule has 25 heavy (non-hydrogen) atoms. The van der Waals surface area contributed by atoms with Crippen LogP contribution in [0.25, 0.3) is 5.65 Å². The van der Waals surface area contributed by atoms with Crippen LogP contribution in [0.4, 0.5) is 24.7 Å². The number of pyridine rings is 1. The third-order valence-electron chi connectivity index (χ3n) is 3.77. The molecule has 0 unspecified atom stereocenters. The van der Waals surface area contributed by atoms with E-state index in [1.54, 1.807) is 12.1 Å². The van der Waals surface area contributed by atoms with Crippen molar-refractivity contribution in [2.45, 2.75) is 5.92 Å². The van der Waals surface area contributed by atoms with E-state index in [0.29, 0.717) is 11.5 Å². The summed E-state index contributed by atoms with van der Waals surface area (Å²) < 4.78 is 40.9. The molecule has 0 atom stereocenters. The topological polar surface area (TPSA) is 75.4 Å². The van der Waals surface area contributed by atoms with Crippen molar-refractivity contribution in [3.05, 3.63) is 48.3 Å². The Morgan fingerprint density at radius 1 is 1.20 bits per heavy atom. The number of nitrogens with one attached hydrogen (secondary N) is 1. The lowest BCUT2D eigenvalue weighted by atomic mass is 10.1. The van der Waals surface area contributed by atoms with E-state index in [-0.39, 0.29) is 11.4 Å². The average molecular weight is 348 g/mol. The third kappa shape index (κ3) is 2.75. The van der Waals surface area contributed by atoms with Crippen LogP contribution in [0.1, 0.15) is 10.5 Å². The van der Waals surface area contributed by atoms with Crippen LogP contribution in [-0.4, -0.2) is 44.5 Å². The number of rotatable bonds is 3. The van der Waals surface area contributed by atoms with Gasteiger partial charge in [0, 0.05) is 6.20 Å². The van der Waals surface area contributed by atoms with E-state index in [4.69, 9.17) is 0 Å². The minimum Gasteiger partial charge on any atom is -0.343 e. The van der Waals surface area contributed by atoms with E-state index in [9.17, 15) is 18.0 Å². The summed E-state index contributed by atoms with van der Waals surface area (Å²) >= 11 is 0. The van der Waals surface area contributed by atoms with Crippen molar-refractivity contribution in [1.82, 2.24) is 19.6 Å². The van der Waals surface area contributed by atoms with Gasteiger partial charge in [0.05, 0.1) is 31.2 Å². The monoisotopic (exact) mass is 348 g/mol. The van der Waals surface area contributed by atoms with Gasteiger partial charge in [-0.25, -0.2) is 22.7 Å². The number of anilines is 2. The van der Waals surface area contributed by atoms with Gasteiger partial charge in [-0.3, -0.25) is 9.78 Å². The molecule has 4 heterocycles. The molecule has 7 nitrogen and oxygen atoms in total. The minimum atomic E-state index is -2.73. The van der Waals surface area contributed by atoms with Crippen LogP contribution in [0.3, 0.4) is 0 Å². The summed E-state index contributed by atoms with van der Waals surface area (Å²) in [6.45, 7) is -0.853. The predicted molar refractivity (Wildman–Crippen MR) is 82.3 cm³/mol. The van der Waals surface area contributed by atoms with Gasteiger partial charge in [0.1, 0.15) is 5.82 Å². The second-order valence-corrected chi connectivity index (χ2v) is 5.63. The van der Waals surface area contributed by atoms with Gasteiger partial charge >= 0.3 is 0 Å². The van der Waals surface area contributed by atoms with Crippen molar-refractivity contribution in [2.24, 2.45) is 0 Å². The maximum Gasteiger partial charge on any atom is 0.282 e. The Morgan fingerprint density at radius 2 is 2.00 bits per heavy atom. The Labute approximate surface area is 139 Å². The highest BCUT2D eigenvalue weighted by Crippen LogP contribution is 2.30. The molecule has 1 amide bonds. The number of carbonyl (C=O) groups is 1. The van der Waals surface area contributed by atoms with Crippen LogP contribution in [0.2, 0.25) is 0 Å². The number of hydrogen-bond donors (Lipinski definition) is 1. The fraction of sp³-hybridized carbons (Fsp3) is 0.200. The first-order valence-corrected chi connectivity index (χ1v) is 7.31. The molecule has 3 aromatic rings. The maximum atomic E-state index is 13.6. The van der Waals surface area contributed by atoms with Crippen LogP contribution in [0.5, 0.6) is 0 Å². The second-order valence-electron chi connectivity index (χ2n) is 5.63. The molecule has 3 aromatic heterocycles. The zero-order valence-corrected chi connectivity index (χ0v) is 12.7.